The number of ether oxygens (including phenoxy) is 1. The predicted octanol–water partition coefficient (Wildman–Crippen LogP) is 2.74. The number of carbonyl (C=O) groups is 1. The van der Waals surface area contributed by atoms with Crippen LogP contribution in [0, 0.1) is 5.41 Å². The Morgan fingerprint density at radius 2 is 2.20 bits per heavy atom. The van der Waals surface area contributed by atoms with Gasteiger partial charge >= 0.3 is 6.61 Å². The normalized spacial score (nSPS) is 25.8. The van der Waals surface area contributed by atoms with Crippen LogP contribution in [0.4, 0.5) is 14.5 Å². The molecule has 2 atom stereocenters. The molecule has 1 aliphatic carbocycles. The summed E-state index contributed by atoms with van der Waals surface area (Å²) < 4.78 is 29.0. The number of amides is 1. The molecule has 1 saturated carbocycles. The number of alkyl halides is 2. The molecule has 1 aromatic carbocycles. The summed E-state index contributed by atoms with van der Waals surface area (Å²) >= 11 is 0. The number of hydrogen-bond acceptors (Lipinski definition) is 3. The Morgan fingerprint density at radius 3 is 2.80 bits per heavy atom. The van der Waals surface area contributed by atoms with Crippen molar-refractivity contribution in [3.8, 4) is 5.75 Å². The molecule has 0 aromatic heterocycles. The highest BCUT2D eigenvalue weighted by Crippen LogP contribution is 2.38. The molecular formula is C14H18F2N2O2. The second-order valence-corrected chi connectivity index (χ2v) is 5.24. The molecule has 0 aliphatic heterocycles. The van der Waals surface area contributed by atoms with Gasteiger partial charge in [0.15, 0.2) is 0 Å². The maximum absolute atomic E-state index is 12.4. The first-order valence-electron chi connectivity index (χ1n) is 6.54. The number of halogens is 2. The largest absolute Gasteiger partial charge is 0.433 e. The fraction of sp³-hybridized carbons (Fsp3) is 0.500. The van der Waals surface area contributed by atoms with Crippen LogP contribution in [0.25, 0.3) is 0 Å². The van der Waals surface area contributed by atoms with E-state index in [1.807, 2.05) is 0 Å². The summed E-state index contributed by atoms with van der Waals surface area (Å²) in [5.41, 5.74) is 5.54. The SMILES string of the molecule is CC1(C(=O)Nc2ccccc2OC(F)F)CCCC1N. The van der Waals surface area contributed by atoms with Gasteiger partial charge in [0.2, 0.25) is 5.91 Å². The van der Waals surface area contributed by atoms with Crippen molar-refractivity contribution in [2.24, 2.45) is 11.1 Å². The molecule has 1 aromatic rings. The average Bonchev–Trinajstić information content (AvgIpc) is 2.73. The van der Waals surface area contributed by atoms with Crippen molar-refractivity contribution in [2.45, 2.75) is 38.8 Å². The van der Waals surface area contributed by atoms with Crippen molar-refractivity contribution < 1.29 is 18.3 Å². The molecule has 1 amide bonds. The van der Waals surface area contributed by atoms with Gasteiger partial charge in [-0.15, -0.1) is 0 Å². The number of hydrogen-bond donors (Lipinski definition) is 2. The zero-order valence-corrected chi connectivity index (χ0v) is 11.2. The number of benzene rings is 1. The van der Waals surface area contributed by atoms with E-state index in [2.05, 4.69) is 10.1 Å². The topological polar surface area (TPSA) is 64.3 Å². The summed E-state index contributed by atoms with van der Waals surface area (Å²) in [7, 11) is 0. The zero-order valence-electron chi connectivity index (χ0n) is 11.2. The van der Waals surface area contributed by atoms with Gasteiger partial charge in [-0.05, 0) is 31.9 Å². The van der Waals surface area contributed by atoms with Gasteiger partial charge in [0, 0.05) is 6.04 Å². The Morgan fingerprint density at radius 1 is 1.50 bits per heavy atom. The number of rotatable bonds is 4. The van der Waals surface area contributed by atoms with E-state index in [-0.39, 0.29) is 23.4 Å². The highest BCUT2D eigenvalue weighted by molar-refractivity contribution is 5.97. The minimum absolute atomic E-state index is 0.0500. The van der Waals surface area contributed by atoms with Crippen LogP contribution in [0.5, 0.6) is 5.75 Å². The van der Waals surface area contributed by atoms with Crippen LogP contribution >= 0.6 is 0 Å². The fourth-order valence-corrected chi connectivity index (χ4v) is 2.51. The summed E-state index contributed by atoms with van der Waals surface area (Å²) in [5, 5.41) is 2.65. The maximum atomic E-state index is 12.4. The van der Waals surface area contributed by atoms with Crippen molar-refractivity contribution in [1.29, 1.82) is 0 Å². The van der Waals surface area contributed by atoms with Gasteiger partial charge in [0.25, 0.3) is 0 Å². The number of nitrogens with two attached hydrogens (primary N) is 1. The Kier molecular flexibility index (Phi) is 4.23. The van der Waals surface area contributed by atoms with E-state index in [1.165, 1.54) is 12.1 Å². The summed E-state index contributed by atoms with van der Waals surface area (Å²) in [6.07, 6.45) is 2.37. The summed E-state index contributed by atoms with van der Waals surface area (Å²) in [6, 6.07) is 5.91. The molecule has 4 nitrogen and oxygen atoms in total. The lowest BCUT2D eigenvalue weighted by Crippen LogP contribution is -2.44. The standard InChI is InChI=1S/C14H18F2N2O2/c1-14(8-4-7-11(14)17)12(19)18-9-5-2-3-6-10(9)20-13(15)16/h2-3,5-6,11,13H,4,7-8,17H2,1H3,(H,18,19). The Bertz CT molecular complexity index is 496. The molecule has 0 saturated heterocycles. The van der Waals surface area contributed by atoms with Crippen LogP contribution in [0.2, 0.25) is 0 Å². The van der Waals surface area contributed by atoms with E-state index in [0.29, 0.717) is 6.42 Å². The van der Waals surface area contributed by atoms with E-state index in [4.69, 9.17) is 5.73 Å². The van der Waals surface area contributed by atoms with Gasteiger partial charge in [0.1, 0.15) is 5.75 Å². The first kappa shape index (κ1) is 14.7. The van der Waals surface area contributed by atoms with Crippen LogP contribution < -0.4 is 15.8 Å². The smallest absolute Gasteiger partial charge is 0.387 e. The van der Waals surface area contributed by atoms with Crippen LogP contribution in [0.3, 0.4) is 0 Å². The Hall–Kier alpha value is -1.69. The minimum atomic E-state index is -2.93. The third-order valence-corrected chi connectivity index (χ3v) is 3.90. The van der Waals surface area contributed by atoms with Crippen LogP contribution in [-0.4, -0.2) is 18.6 Å². The quantitative estimate of drug-likeness (QED) is 0.893. The third kappa shape index (κ3) is 2.90. The molecule has 2 unspecified atom stereocenters. The van der Waals surface area contributed by atoms with E-state index < -0.39 is 12.0 Å². The first-order chi connectivity index (χ1) is 9.43. The van der Waals surface area contributed by atoms with Gasteiger partial charge in [-0.3, -0.25) is 4.79 Å². The Balaban J connectivity index is 2.16. The third-order valence-electron chi connectivity index (χ3n) is 3.90. The monoisotopic (exact) mass is 284 g/mol. The van der Waals surface area contributed by atoms with Crippen molar-refractivity contribution in [2.75, 3.05) is 5.32 Å². The Labute approximate surface area is 116 Å². The van der Waals surface area contributed by atoms with Crippen LogP contribution in [-0.2, 0) is 4.79 Å². The maximum Gasteiger partial charge on any atom is 0.387 e. The molecule has 20 heavy (non-hydrogen) atoms. The average molecular weight is 284 g/mol. The number of para-hydroxylation sites is 2. The van der Waals surface area contributed by atoms with E-state index in [9.17, 15) is 13.6 Å². The molecule has 0 heterocycles. The lowest BCUT2D eigenvalue weighted by Gasteiger charge is -2.27. The second kappa shape index (κ2) is 5.75. The van der Waals surface area contributed by atoms with E-state index >= 15 is 0 Å². The summed E-state index contributed by atoms with van der Waals surface area (Å²) in [6.45, 7) is -1.13. The molecule has 0 spiro atoms. The summed E-state index contributed by atoms with van der Waals surface area (Å²) in [4.78, 5) is 12.4. The van der Waals surface area contributed by atoms with E-state index in [1.54, 1.807) is 19.1 Å². The lowest BCUT2D eigenvalue weighted by atomic mass is 9.84. The van der Waals surface area contributed by atoms with Crippen molar-refractivity contribution in [3.63, 3.8) is 0 Å². The van der Waals surface area contributed by atoms with Gasteiger partial charge in [-0.1, -0.05) is 18.6 Å². The highest BCUT2D eigenvalue weighted by Gasteiger charge is 2.43. The molecular weight excluding hydrogens is 266 g/mol. The zero-order chi connectivity index (χ0) is 14.8. The van der Waals surface area contributed by atoms with E-state index in [0.717, 1.165) is 12.8 Å². The molecule has 1 aliphatic rings. The highest BCUT2D eigenvalue weighted by atomic mass is 19.3. The predicted molar refractivity (Wildman–Crippen MR) is 71.6 cm³/mol. The first-order valence-corrected chi connectivity index (χ1v) is 6.54. The van der Waals surface area contributed by atoms with Gasteiger partial charge in [0.05, 0.1) is 11.1 Å². The number of carbonyl (C=O) groups excluding carboxylic acids is 1. The van der Waals surface area contributed by atoms with Crippen molar-refractivity contribution in [3.05, 3.63) is 24.3 Å². The fourth-order valence-electron chi connectivity index (χ4n) is 2.51. The van der Waals surface area contributed by atoms with Gasteiger partial charge < -0.3 is 15.8 Å². The lowest BCUT2D eigenvalue weighted by molar-refractivity contribution is -0.125. The summed E-state index contributed by atoms with van der Waals surface area (Å²) in [5.74, 6) is -0.307. The minimum Gasteiger partial charge on any atom is -0.433 e. The second-order valence-electron chi connectivity index (χ2n) is 5.24. The molecule has 3 N–H and O–H groups in total. The van der Waals surface area contributed by atoms with Gasteiger partial charge in [-0.2, -0.15) is 8.78 Å². The van der Waals surface area contributed by atoms with Gasteiger partial charge in [-0.25, -0.2) is 0 Å². The molecule has 110 valence electrons. The molecule has 1 fully saturated rings. The molecule has 0 radical (unpaired) electrons. The van der Waals surface area contributed by atoms with Crippen LogP contribution in [0.1, 0.15) is 26.2 Å². The molecule has 2 rings (SSSR count). The molecule has 6 heteroatoms. The van der Waals surface area contributed by atoms with Crippen LogP contribution in [0.15, 0.2) is 24.3 Å². The number of nitrogens with one attached hydrogen (secondary N) is 1. The van der Waals surface area contributed by atoms with Crippen molar-refractivity contribution in [1.82, 2.24) is 0 Å². The number of anilines is 1. The molecule has 0 bridgehead atoms. The van der Waals surface area contributed by atoms with Crippen molar-refractivity contribution >= 4 is 11.6 Å².